The Morgan fingerprint density at radius 1 is 1.45 bits per heavy atom. The molecule has 1 aromatic rings. The summed E-state index contributed by atoms with van der Waals surface area (Å²) in [5.41, 5.74) is 0.795. The average molecular weight is 280 g/mol. The zero-order chi connectivity index (χ0) is 14.4. The second-order valence-corrected chi connectivity index (χ2v) is 4.58. The Morgan fingerprint density at radius 2 is 2.30 bits per heavy atom. The summed E-state index contributed by atoms with van der Waals surface area (Å²) in [4.78, 5) is 24.3. The van der Waals surface area contributed by atoms with Gasteiger partial charge in [-0.05, 0) is 24.1 Å². The maximum Gasteiger partial charge on any atom is 0.409 e. The molecule has 1 saturated heterocycles. The fourth-order valence-corrected chi connectivity index (χ4v) is 2.00. The molecule has 20 heavy (non-hydrogen) atoms. The van der Waals surface area contributed by atoms with E-state index in [0.717, 1.165) is 5.56 Å². The van der Waals surface area contributed by atoms with Crippen molar-refractivity contribution < 1.29 is 18.7 Å². The van der Waals surface area contributed by atoms with Gasteiger partial charge in [0.1, 0.15) is 12.4 Å². The first-order valence-electron chi connectivity index (χ1n) is 6.58. The molecule has 1 aliphatic heterocycles. The summed E-state index contributed by atoms with van der Waals surface area (Å²) in [5.74, 6) is -0.405. The van der Waals surface area contributed by atoms with Crippen LogP contribution in [0.15, 0.2) is 24.3 Å². The number of hydrogen-bond donors (Lipinski definition) is 1. The van der Waals surface area contributed by atoms with Crippen LogP contribution in [0.4, 0.5) is 9.18 Å². The van der Waals surface area contributed by atoms with E-state index in [1.54, 1.807) is 17.0 Å². The molecule has 0 unspecified atom stereocenters. The lowest BCUT2D eigenvalue weighted by molar-refractivity contribution is -0.121. The van der Waals surface area contributed by atoms with Crippen LogP contribution < -0.4 is 5.32 Å². The molecule has 0 atom stereocenters. The Labute approximate surface area is 116 Å². The van der Waals surface area contributed by atoms with E-state index >= 15 is 0 Å². The van der Waals surface area contributed by atoms with E-state index in [9.17, 15) is 14.0 Å². The van der Waals surface area contributed by atoms with Crippen LogP contribution in [0.1, 0.15) is 12.0 Å². The maximum atomic E-state index is 13.0. The van der Waals surface area contributed by atoms with Crippen molar-refractivity contribution in [3.05, 3.63) is 35.6 Å². The van der Waals surface area contributed by atoms with Crippen LogP contribution in [-0.2, 0) is 16.0 Å². The number of aryl methyl sites for hydroxylation is 1. The number of rotatable bonds is 6. The molecular weight excluding hydrogens is 263 g/mol. The van der Waals surface area contributed by atoms with Gasteiger partial charge in [-0.2, -0.15) is 0 Å². The van der Waals surface area contributed by atoms with Crippen LogP contribution in [-0.4, -0.2) is 43.1 Å². The molecule has 0 aromatic heterocycles. The van der Waals surface area contributed by atoms with Gasteiger partial charge in [-0.3, -0.25) is 4.79 Å². The molecule has 0 bridgehead atoms. The Hall–Kier alpha value is -2.11. The molecular formula is C14H17FN2O3. The summed E-state index contributed by atoms with van der Waals surface area (Å²) in [7, 11) is 0. The number of benzene rings is 1. The summed E-state index contributed by atoms with van der Waals surface area (Å²) < 4.78 is 17.7. The highest BCUT2D eigenvalue weighted by atomic mass is 19.1. The highest BCUT2D eigenvalue weighted by Gasteiger charge is 2.20. The number of halogens is 1. The number of hydrogen-bond acceptors (Lipinski definition) is 3. The Balaban J connectivity index is 1.64. The fraction of sp³-hybridized carbons (Fsp3) is 0.429. The molecule has 1 fully saturated rings. The average Bonchev–Trinajstić information content (AvgIpc) is 2.82. The number of carbonyl (C=O) groups excluding carboxylic acids is 2. The fourth-order valence-electron chi connectivity index (χ4n) is 2.00. The van der Waals surface area contributed by atoms with Crippen LogP contribution in [0.3, 0.4) is 0 Å². The van der Waals surface area contributed by atoms with Gasteiger partial charge in [0.05, 0.1) is 6.54 Å². The van der Waals surface area contributed by atoms with Crippen molar-refractivity contribution in [3.63, 3.8) is 0 Å². The molecule has 0 radical (unpaired) electrons. The van der Waals surface area contributed by atoms with Crippen molar-refractivity contribution in [3.8, 4) is 0 Å². The number of cyclic esters (lactones) is 1. The van der Waals surface area contributed by atoms with Crippen LogP contribution in [0.5, 0.6) is 0 Å². The van der Waals surface area contributed by atoms with Crippen LogP contribution in [0.2, 0.25) is 0 Å². The van der Waals surface area contributed by atoms with Crippen LogP contribution in [0, 0.1) is 5.82 Å². The summed E-state index contributed by atoms with van der Waals surface area (Å²) >= 11 is 0. The lowest BCUT2D eigenvalue weighted by atomic mass is 10.1. The number of ether oxygens (including phenoxy) is 1. The van der Waals surface area contributed by atoms with Crippen LogP contribution in [0.25, 0.3) is 0 Å². The van der Waals surface area contributed by atoms with Crippen molar-refractivity contribution in [1.29, 1.82) is 0 Å². The van der Waals surface area contributed by atoms with Gasteiger partial charge in [0.15, 0.2) is 0 Å². The normalized spacial score (nSPS) is 14.2. The number of nitrogens with zero attached hydrogens (tertiary/aromatic N) is 1. The van der Waals surface area contributed by atoms with Gasteiger partial charge < -0.3 is 15.0 Å². The quantitative estimate of drug-likeness (QED) is 0.855. The second kappa shape index (κ2) is 6.88. The van der Waals surface area contributed by atoms with E-state index in [-0.39, 0.29) is 17.8 Å². The summed E-state index contributed by atoms with van der Waals surface area (Å²) in [5, 5.41) is 2.73. The van der Waals surface area contributed by atoms with Gasteiger partial charge in [-0.15, -0.1) is 0 Å². The first kappa shape index (κ1) is 14.3. The SMILES string of the molecule is O=C(CCc1cccc(F)c1)NCCN1CCOC1=O. The Kier molecular flexibility index (Phi) is 4.92. The Morgan fingerprint density at radius 3 is 3.00 bits per heavy atom. The molecule has 1 aliphatic rings. The zero-order valence-electron chi connectivity index (χ0n) is 11.1. The molecule has 2 rings (SSSR count). The molecule has 1 N–H and O–H groups in total. The maximum absolute atomic E-state index is 13.0. The van der Waals surface area contributed by atoms with E-state index in [1.165, 1.54) is 12.1 Å². The van der Waals surface area contributed by atoms with Gasteiger partial charge >= 0.3 is 6.09 Å². The van der Waals surface area contributed by atoms with Crippen molar-refractivity contribution >= 4 is 12.0 Å². The lowest BCUT2D eigenvalue weighted by Gasteiger charge is -2.12. The standard InChI is InChI=1S/C14H17FN2O3/c15-12-3-1-2-11(10-12)4-5-13(18)16-6-7-17-8-9-20-14(17)19/h1-3,10H,4-9H2,(H,16,18). The van der Waals surface area contributed by atoms with E-state index in [4.69, 9.17) is 4.74 Å². The molecule has 1 heterocycles. The van der Waals surface area contributed by atoms with Crippen molar-refractivity contribution in [2.24, 2.45) is 0 Å². The molecule has 6 heteroatoms. The first-order valence-corrected chi connectivity index (χ1v) is 6.58. The zero-order valence-corrected chi connectivity index (χ0v) is 11.1. The Bertz CT molecular complexity index is 493. The molecule has 0 spiro atoms. The highest BCUT2D eigenvalue weighted by Crippen LogP contribution is 2.06. The van der Waals surface area contributed by atoms with E-state index in [1.807, 2.05) is 0 Å². The summed E-state index contributed by atoms with van der Waals surface area (Å²) in [6.07, 6.45) is 0.461. The molecule has 0 aliphatic carbocycles. The molecule has 2 amide bonds. The molecule has 1 aromatic carbocycles. The third-order valence-electron chi connectivity index (χ3n) is 3.08. The second-order valence-electron chi connectivity index (χ2n) is 4.58. The largest absolute Gasteiger partial charge is 0.448 e. The van der Waals surface area contributed by atoms with Gasteiger partial charge in [0, 0.05) is 19.5 Å². The molecule has 0 saturated carbocycles. The minimum atomic E-state index is -0.334. The van der Waals surface area contributed by atoms with Gasteiger partial charge in [0.25, 0.3) is 0 Å². The highest BCUT2D eigenvalue weighted by molar-refractivity contribution is 5.76. The van der Waals surface area contributed by atoms with Gasteiger partial charge in [-0.1, -0.05) is 12.1 Å². The van der Waals surface area contributed by atoms with E-state index < -0.39 is 0 Å². The van der Waals surface area contributed by atoms with Crippen molar-refractivity contribution in [1.82, 2.24) is 10.2 Å². The topological polar surface area (TPSA) is 58.6 Å². The number of carbonyl (C=O) groups is 2. The molecule has 5 nitrogen and oxygen atoms in total. The number of amides is 2. The van der Waals surface area contributed by atoms with E-state index in [2.05, 4.69) is 5.32 Å². The lowest BCUT2D eigenvalue weighted by Crippen LogP contribution is -2.35. The summed E-state index contributed by atoms with van der Waals surface area (Å²) in [6, 6.07) is 6.21. The van der Waals surface area contributed by atoms with Gasteiger partial charge in [-0.25, -0.2) is 9.18 Å². The summed E-state index contributed by atoms with van der Waals surface area (Å²) in [6.45, 7) is 1.83. The third kappa shape index (κ3) is 4.22. The van der Waals surface area contributed by atoms with E-state index in [0.29, 0.717) is 39.1 Å². The minimum absolute atomic E-state index is 0.109. The third-order valence-corrected chi connectivity index (χ3v) is 3.08. The van der Waals surface area contributed by atoms with Crippen molar-refractivity contribution in [2.45, 2.75) is 12.8 Å². The smallest absolute Gasteiger partial charge is 0.409 e. The molecule has 108 valence electrons. The predicted molar refractivity (Wildman–Crippen MR) is 70.7 cm³/mol. The van der Waals surface area contributed by atoms with Crippen molar-refractivity contribution in [2.75, 3.05) is 26.2 Å². The van der Waals surface area contributed by atoms with Gasteiger partial charge in [0.2, 0.25) is 5.91 Å². The predicted octanol–water partition coefficient (Wildman–Crippen LogP) is 1.33. The van der Waals surface area contributed by atoms with Crippen LogP contribution >= 0.6 is 0 Å². The number of nitrogens with one attached hydrogen (secondary N) is 1. The first-order chi connectivity index (χ1) is 9.65. The monoisotopic (exact) mass is 280 g/mol. The minimum Gasteiger partial charge on any atom is -0.448 e.